The summed E-state index contributed by atoms with van der Waals surface area (Å²) in [4.78, 5) is 0. The minimum atomic E-state index is -0.338. The van der Waals surface area contributed by atoms with Crippen LogP contribution in [0.1, 0.15) is 43.5 Å². The third-order valence-corrected chi connectivity index (χ3v) is 3.64. The van der Waals surface area contributed by atoms with Gasteiger partial charge in [-0.3, -0.25) is 5.84 Å². The molecule has 4 heteroatoms. The number of halogens is 1. The van der Waals surface area contributed by atoms with Crippen LogP contribution in [-0.4, -0.2) is 0 Å². The first-order chi connectivity index (χ1) is 9.82. The van der Waals surface area contributed by atoms with Crippen LogP contribution >= 0.6 is 0 Å². The van der Waals surface area contributed by atoms with Gasteiger partial charge < -0.3 is 5.73 Å². The molecule has 0 aliphatic heterocycles. The second-order valence-corrected chi connectivity index (χ2v) is 6.24. The van der Waals surface area contributed by atoms with Gasteiger partial charge >= 0.3 is 0 Å². The maximum Gasteiger partial charge on any atom is 0.123 e. The fourth-order valence-electron chi connectivity index (χ4n) is 2.34. The molecule has 0 radical (unpaired) electrons. The van der Waals surface area contributed by atoms with E-state index in [0.717, 1.165) is 5.56 Å². The Labute approximate surface area is 125 Å². The van der Waals surface area contributed by atoms with Gasteiger partial charge in [0.1, 0.15) is 5.82 Å². The Balaban J connectivity index is 2.40. The van der Waals surface area contributed by atoms with Crippen molar-refractivity contribution in [1.82, 2.24) is 5.43 Å². The molecular formula is C17H22FN3. The van der Waals surface area contributed by atoms with Crippen LogP contribution in [0.25, 0.3) is 0 Å². The van der Waals surface area contributed by atoms with E-state index in [1.54, 1.807) is 6.07 Å². The zero-order chi connectivity index (χ0) is 15.6. The largest absolute Gasteiger partial charge is 0.398 e. The van der Waals surface area contributed by atoms with Crippen LogP contribution in [0, 0.1) is 5.82 Å². The van der Waals surface area contributed by atoms with Gasteiger partial charge in [0.15, 0.2) is 0 Å². The number of nitrogen functional groups attached to an aromatic ring is 1. The van der Waals surface area contributed by atoms with Gasteiger partial charge in [-0.1, -0.05) is 45.0 Å². The van der Waals surface area contributed by atoms with Crippen molar-refractivity contribution in [3.63, 3.8) is 0 Å². The third-order valence-electron chi connectivity index (χ3n) is 3.64. The van der Waals surface area contributed by atoms with Crippen LogP contribution < -0.4 is 17.0 Å². The van der Waals surface area contributed by atoms with Gasteiger partial charge in [0, 0.05) is 11.3 Å². The Morgan fingerprint density at radius 2 is 1.67 bits per heavy atom. The number of benzene rings is 2. The van der Waals surface area contributed by atoms with E-state index in [2.05, 4.69) is 38.3 Å². The first-order valence-corrected chi connectivity index (χ1v) is 6.94. The van der Waals surface area contributed by atoms with Crippen LogP contribution in [0.4, 0.5) is 10.1 Å². The number of hydrogen-bond acceptors (Lipinski definition) is 3. The lowest BCUT2D eigenvalue weighted by molar-refractivity contribution is 0.587. The van der Waals surface area contributed by atoms with Crippen LogP contribution in [0.15, 0.2) is 42.5 Å². The molecule has 0 bridgehead atoms. The number of hydrogen-bond donors (Lipinski definition) is 3. The molecule has 2 aromatic carbocycles. The van der Waals surface area contributed by atoms with E-state index < -0.39 is 0 Å². The van der Waals surface area contributed by atoms with Gasteiger partial charge in [-0.25, -0.2) is 9.82 Å². The Morgan fingerprint density at radius 3 is 2.19 bits per heavy atom. The Bertz CT molecular complexity index is 615. The van der Waals surface area contributed by atoms with Crippen LogP contribution in [0.2, 0.25) is 0 Å². The van der Waals surface area contributed by atoms with Crippen molar-refractivity contribution in [2.45, 2.75) is 32.2 Å². The molecule has 0 spiro atoms. The summed E-state index contributed by atoms with van der Waals surface area (Å²) in [5, 5.41) is 0. The maximum atomic E-state index is 13.5. The van der Waals surface area contributed by atoms with Crippen molar-refractivity contribution in [2.24, 2.45) is 5.84 Å². The summed E-state index contributed by atoms with van der Waals surface area (Å²) >= 11 is 0. The lowest BCUT2D eigenvalue weighted by atomic mass is 9.85. The normalized spacial score (nSPS) is 13.2. The lowest BCUT2D eigenvalue weighted by Gasteiger charge is -2.22. The third kappa shape index (κ3) is 3.40. The highest BCUT2D eigenvalue weighted by atomic mass is 19.1. The van der Waals surface area contributed by atoms with Crippen LogP contribution in [0.3, 0.4) is 0 Å². The molecule has 2 aromatic rings. The van der Waals surface area contributed by atoms with Crippen molar-refractivity contribution in [3.05, 3.63) is 65.0 Å². The minimum Gasteiger partial charge on any atom is -0.398 e. The van der Waals surface area contributed by atoms with Crippen molar-refractivity contribution in [3.8, 4) is 0 Å². The first kappa shape index (κ1) is 15.5. The van der Waals surface area contributed by atoms with Gasteiger partial charge in [0.25, 0.3) is 0 Å². The zero-order valence-corrected chi connectivity index (χ0v) is 12.7. The Morgan fingerprint density at radius 1 is 1.05 bits per heavy atom. The molecule has 0 saturated carbocycles. The smallest absolute Gasteiger partial charge is 0.123 e. The van der Waals surface area contributed by atoms with E-state index in [4.69, 9.17) is 11.6 Å². The minimum absolute atomic E-state index is 0.0854. The average Bonchev–Trinajstić information content (AvgIpc) is 2.43. The second kappa shape index (κ2) is 5.84. The highest BCUT2D eigenvalue weighted by molar-refractivity contribution is 5.51. The van der Waals surface area contributed by atoms with Crippen molar-refractivity contribution < 1.29 is 4.39 Å². The summed E-state index contributed by atoms with van der Waals surface area (Å²) in [5.74, 6) is 5.32. The summed E-state index contributed by atoms with van der Waals surface area (Å²) in [6.07, 6.45) is 0. The van der Waals surface area contributed by atoms with Gasteiger partial charge in [-0.15, -0.1) is 0 Å². The highest BCUT2D eigenvalue weighted by Crippen LogP contribution is 2.29. The standard InChI is InChI=1S/C17H22FN3/c1-17(2,3)12-6-4-11(5-7-12)16(21-20)14-10-13(18)8-9-15(14)19/h4-10,16,21H,19-20H2,1-3H3. The van der Waals surface area contributed by atoms with E-state index in [1.165, 1.54) is 17.7 Å². The highest BCUT2D eigenvalue weighted by Gasteiger charge is 2.18. The SMILES string of the molecule is CC(C)(C)c1ccc(C(NN)c2cc(F)ccc2N)cc1. The summed E-state index contributed by atoms with van der Waals surface area (Å²) in [6, 6.07) is 12.1. The molecule has 1 unspecified atom stereocenters. The molecule has 0 aliphatic rings. The maximum absolute atomic E-state index is 13.5. The molecule has 0 aliphatic carbocycles. The molecule has 3 nitrogen and oxygen atoms in total. The second-order valence-electron chi connectivity index (χ2n) is 6.24. The van der Waals surface area contributed by atoms with Gasteiger partial charge in [-0.2, -0.15) is 0 Å². The average molecular weight is 287 g/mol. The first-order valence-electron chi connectivity index (χ1n) is 6.94. The quantitative estimate of drug-likeness (QED) is 0.461. The summed E-state index contributed by atoms with van der Waals surface area (Å²) in [5.41, 5.74) is 12.1. The van der Waals surface area contributed by atoms with E-state index in [9.17, 15) is 4.39 Å². The molecule has 0 fully saturated rings. The van der Waals surface area contributed by atoms with Crippen molar-refractivity contribution in [1.29, 1.82) is 0 Å². The van der Waals surface area contributed by atoms with E-state index >= 15 is 0 Å². The van der Waals surface area contributed by atoms with Crippen LogP contribution in [0.5, 0.6) is 0 Å². The van der Waals surface area contributed by atoms with E-state index in [0.29, 0.717) is 11.3 Å². The van der Waals surface area contributed by atoms with Gasteiger partial charge in [0.05, 0.1) is 6.04 Å². The number of rotatable bonds is 3. The molecule has 5 N–H and O–H groups in total. The predicted octanol–water partition coefficient (Wildman–Crippen LogP) is 3.26. The van der Waals surface area contributed by atoms with Crippen LogP contribution in [-0.2, 0) is 5.41 Å². The number of nitrogens with two attached hydrogens (primary N) is 2. The number of hydrazine groups is 1. The fourth-order valence-corrected chi connectivity index (χ4v) is 2.34. The molecule has 2 rings (SSSR count). The molecule has 0 heterocycles. The monoisotopic (exact) mass is 287 g/mol. The summed E-state index contributed by atoms with van der Waals surface area (Å²) in [7, 11) is 0. The summed E-state index contributed by atoms with van der Waals surface area (Å²) < 4.78 is 13.5. The summed E-state index contributed by atoms with van der Waals surface area (Å²) in [6.45, 7) is 6.47. The molecule has 0 saturated heterocycles. The Hall–Kier alpha value is -1.91. The van der Waals surface area contributed by atoms with E-state index in [1.807, 2.05) is 12.1 Å². The molecular weight excluding hydrogens is 265 g/mol. The van der Waals surface area contributed by atoms with E-state index in [-0.39, 0.29) is 17.3 Å². The number of nitrogens with one attached hydrogen (secondary N) is 1. The molecule has 0 amide bonds. The molecule has 1 atom stereocenters. The zero-order valence-electron chi connectivity index (χ0n) is 12.7. The predicted molar refractivity (Wildman–Crippen MR) is 85.1 cm³/mol. The lowest BCUT2D eigenvalue weighted by Crippen LogP contribution is -2.29. The Kier molecular flexibility index (Phi) is 4.30. The van der Waals surface area contributed by atoms with Crippen molar-refractivity contribution in [2.75, 3.05) is 5.73 Å². The number of anilines is 1. The van der Waals surface area contributed by atoms with Gasteiger partial charge in [0.2, 0.25) is 0 Å². The molecule has 21 heavy (non-hydrogen) atoms. The molecule has 0 aromatic heterocycles. The topological polar surface area (TPSA) is 64.1 Å². The van der Waals surface area contributed by atoms with Crippen molar-refractivity contribution >= 4 is 5.69 Å². The fraction of sp³-hybridized carbons (Fsp3) is 0.294. The molecule has 112 valence electrons. The van der Waals surface area contributed by atoms with Gasteiger partial charge in [-0.05, 0) is 34.7 Å².